The van der Waals surface area contributed by atoms with E-state index in [1.165, 1.54) is 6.07 Å². The summed E-state index contributed by atoms with van der Waals surface area (Å²) in [5, 5.41) is 13.4. The van der Waals surface area contributed by atoms with E-state index in [0.29, 0.717) is 17.9 Å². The van der Waals surface area contributed by atoms with E-state index < -0.39 is 4.92 Å². The lowest BCUT2D eigenvalue weighted by Crippen LogP contribution is -2.22. The van der Waals surface area contributed by atoms with E-state index in [4.69, 9.17) is 11.6 Å². The van der Waals surface area contributed by atoms with Crippen LogP contribution >= 0.6 is 11.6 Å². The van der Waals surface area contributed by atoms with Gasteiger partial charge in [0.05, 0.1) is 4.92 Å². The third-order valence-electron chi connectivity index (χ3n) is 2.45. The van der Waals surface area contributed by atoms with Gasteiger partial charge in [0.2, 0.25) is 5.91 Å². The van der Waals surface area contributed by atoms with E-state index >= 15 is 0 Å². The molecule has 18 heavy (non-hydrogen) atoms. The highest BCUT2D eigenvalue weighted by molar-refractivity contribution is 6.17. The summed E-state index contributed by atoms with van der Waals surface area (Å²) >= 11 is 5.51. The second kappa shape index (κ2) is 7.66. The Bertz CT molecular complexity index is 424. The average molecular weight is 271 g/mol. The topological polar surface area (TPSA) is 72.2 Å². The number of unbranched alkanes of at least 4 members (excludes halogenated alkanes) is 1. The van der Waals surface area contributed by atoms with Crippen molar-refractivity contribution >= 4 is 23.2 Å². The van der Waals surface area contributed by atoms with E-state index in [1.54, 1.807) is 18.2 Å². The lowest BCUT2D eigenvalue weighted by atomic mass is 10.1. The van der Waals surface area contributed by atoms with E-state index in [-0.39, 0.29) is 18.1 Å². The van der Waals surface area contributed by atoms with Crippen molar-refractivity contribution in [1.82, 2.24) is 5.32 Å². The predicted molar refractivity (Wildman–Crippen MR) is 69.5 cm³/mol. The molecule has 0 heterocycles. The average Bonchev–Trinajstić information content (AvgIpc) is 2.37. The largest absolute Gasteiger partial charge is 0.352 e. The molecule has 0 fully saturated rings. The zero-order valence-electron chi connectivity index (χ0n) is 9.89. The summed E-state index contributed by atoms with van der Waals surface area (Å²) < 4.78 is 0. The molecule has 1 aromatic rings. The first-order chi connectivity index (χ1) is 8.65. The number of rotatable bonds is 7. The molecule has 0 aliphatic carbocycles. The van der Waals surface area contributed by atoms with E-state index in [1.807, 2.05) is 0 Å². The molecule has 0 radical (unpaired) electrons. The number of amides is 1. The standard InChI is InChI=1S/C12H15ClN2O3/c13-8-4-3-7-12(16)14-9-10-5-1-2-6-11(10)15(17)18/h1-2,5-6H,3-4,7-9H2,(H,14,16). The van der Waals surface area contributed by atoms with E-state index in [0.717, 1.165) is 12.8 Å². The molecule has 5 nitrogen and oxygen atoms in total. The minimum Gasteiger partial charge on any atom is -0.352 e. The Kier molecular flexibility index (Phi) is 6.14. The van der Waals surface area contributed by atoms with Crippen LogP contribution in [0.3, 0.4) is 0 Å². The van der Waals surface area contributed by atoms with Gasteiger partial charge in [0.15, 0.2) is 0 Å². The SMILES string of the molecule is O=C(CCCCCl)NCc1ccccc1[N+](=O)[O-]. The second-order valence-electron chi connectivity index (χ2n) is 3.81. The van der Waals surface area contributed by atoms with Crippen molar-refractivity contribution in [3.05, 3.63) is 39.9 Å². The van der Waals surface area contributed by atoms with Crippen LogP contribution in [-0.4, -0.2) is 16.7 Å². The lowest BCUT2D eigenvalue weighted by Gasteiger charge is -2.05. The van der Waals surface area contributed by atoms with Crippen molar-refractivity contribution in [3.8, 4) is 0 Å². The van der Waals surface area contributed by atoms with Crippen molar-refractivity contribution in [1.29, 1.82) is 0 Å². The van der Waals surface area contributed by atoms with Gasteiger partial charge in [0.25, 0.3) is 5.69 Å². The summed E-state index contributed by atoms with van der Waals surface area (Å²) in [4.78, 5) is 21.8. The summed E-state index contributed by atoms with van der Waals surface area (Å²) in [5.41, 5.74) is 0.534. The molecule has 1 rings (SSSR count). The number of nitro groups is 1. The van der Waals surface area contributed by atoms with Gasteiger partial charge in [0, 0.05) is 30.5 Å². The van der Waals surface area contributed by atoms with Gasteiger partial charge in [-0.15, -0.1) is 11.6 Å². The maximum Gasteiger partial charge on any atom is 0.274 e. The molecule has 1 aromatic carbocycles. The Hall–Kier alpha value is -1.62. The third kappa shape index (κ3) is 4.71. The van der Waals surface area contributed by atoms with Crippen LogP contribution in [0.25, 0.3) is 0 Å². The minimum atomic E-state index is -0.449. The number of alkyl halides is 1. The van der Waals surface area contributed by atoms with Crippen LogP contribution in [0.5, 0.6) is 0 Å². The molecule has 0 spiro atoms. The molecule has 1 amide bonds. The van der Waals surface area contributed by atoms with Crippen LogP contribution in [-0.2, 0) is 11.3 Å². The van der Waals surface area contributed by atoms with Gasteiger partial charge in [-0.05, 0) is 12.8 Å². The maximum absolute atomic E-state index is 11.4. The van der Waals surface area contributed by atoms with Crippen molar-refractivity contribution in [2.75, 3.05) is 5.88 Å². The Balaban J connectivity index is 2.48. The first kappa shape index (κ1) is 14.4. The number of halogens is 1. The Morgan fingerprint density at radius 1 is 1.33 bits per heavy atom. The molecule has 0 aliphatic heterocycles. The molecule has 0 aromatic heterocycles. The number of hydrogen-bond donors (Lipinski definition) is 1. The number of benzene rings is 1. The van der Waals surface area contributed by atoms with E-state index in [9.17, 15) is 14.9 Å². The minimum absolute atomic E-state index is 0.0264. The fraction of sp³-hybridized carbons (Fsp3) is 0.417. The summed E-state index contributed by atoms with van der Waals surface area (Å²) in [6.45, 7) is 0.177. The highest BCUT2D eigenvalue weighted by Crippen LogP contribution is 2.17. The first-order valence-corrected chi connectivity index (χ1v) is 6.23. The quantitative estimate of drug-likeness (QED) is 0.358. The molecular formula is C12H15ClN2O3. The monoisotopic (exact) mass is 270 g/mol. The van der Waals surface area contributed by atoms with Gasteiger partial charge in [-0.2, -0.15) is 0 Å². The number of nitrogens with zero attached hydrogens (tertiary/aromatic N) is 1. The number of carbonyl (C=O) groups is 1. The fourth-order valence-corrected chi connectivity index (χ4v) is 1.69. The molecule has 1 N–H and O–H groups in total. The molecule has 0 unspecified atom stereocenters. The smallest absolute Gasteiger partial charge is 0.274 e. The van der Waals surface area contributed by atoms with Gasteiger partial charge < -0.3 is 5.32 Å². The number of nitrogens with one attached hydrogen (secondary N) is 1. The molecule has 0 saturated heterocycles. The van der Waals surface area contributed by atoms with Crippen LogP contribution in [0.15, 0.2) is 24.3 Å². The highest BCUT2D eigenvalue weighted by atomic mass is 35.5. The number of nitro benzene ring substituents is 1. The molecule has 0 bridgehead atoms. The summed E-state index contributed by atoms with van der Waals surface area (Å²) in [5.74, 6) is 0.426. The van der Waals surface area contributed by atoms with Crippen molar-refractivity contribution in [2.45, 2.75) is 25.8 Å². The first-order valence-electron chi connectivity index (χ1n) is 5.70. The molecule has 0 atom stereocenters. The van der Waals surface area contributed by atoms with Gasteiger partial charge >= 0.3 is 0 Å². The van der Waals surface area contributed by atoms with Crippen LogP contribution in [0.2, 0.25) is 0 Å². The Morgan fingerprint density at radius 3 is 2.72 bits per heavy atom. The predicted octanol–water partition coefficient (Wildman–Crippen LogP) is 2.62. The van der Waals surface area contributed by atoms with Crippen LogP contribution in [0.4, 0.5) is 5.69 Å². The van der Waals surface area contributed by atoms with Gasteiger partial charge in [-0.1, -0.05) is 18.2 Å². The van der Waals surface area contributed by atoms with Crippen LogP contribution in [0.1, 0.15) is 24.8 Å². The number of carbonyl (C=O) groups excluding carboxylic acids is 1. The molecular weight excluding hydrogens is 256 g/mol. The summed E-state index contributed by atoms with van der Waals surface area (Å²) in [6, 6.07) is 6.37. The Labute approximate surface area is 110 Å². The maximum atomic E-state index is 11.4. The van der Waals surface area contributed by atoms with Gasteiger partial charge in [-0.3, -0.25) is 14.9 Å². The third-order valence-corrected chi connectivity index (χ3v) is 2.72. The van der Waals surface area contributed by atoms with Crippen molar-refractivity contribution < 1.29 is 9.72 Å². The zero-order valence-corrected chi connectivity index (χ0v) is 10.7. The van der Waals surface area contributed by atoms with Gasteiger partial charge in [0.1, 0.15) is 0 Å². The fourth-order valence-electron chi connectivity index (χ4n) is 1.50. The second-order valence-corrected chi connectivity index (χ2v) is 4.19. The number of hydrogen-bond acceptors (Lipinski definition) is 3. The lowest BCUT2D eigenvalue weighted by molar-refractivity contribution is -0.385. The zero-order chi connectivity index (χ0) is 13.4. The Morgan fingerprint density at radius 2 is 2.06 bits per heavy atom. The van der Waals surface area contributed by atoms with E-state index in [2.05, 4.69) is 5.32 Å². The molecule has 6 heteroatoms. The molecule has 0 saturated carbocycles. The number of para-hydroxylation sites is 1. The van der Waals surface area contributed by atoms with Crippen LogP contribution in [0, 0.1) is 10.1 Å². The normalized spacial score (nSPS) is 10.1. The van der Waals surface area contributed by atoms with Crippen molar-refractivity contribution in [2.24, 2.45) is 0 Å². The molecule has 0 aliphatic rings. The van der Waals surface area contributed by atoms with Gasteiger partial charge in [-0.25, -0.2) is 0 Å². The summed E-state index contributed by atoms with van der Waals surface area (Å²) in [6.07, 6.45) is 1.92. The molecule has 98 valence electrons. The van der Waals surface area contributed by atoms with Crippen molar-refractivity contribution in [3.63, 3.8) is 0 Å². The summed E-state index contributed by atoms with van der Waals surface area (Å²) in [7, 11) is 0. The highest BCUT2D eigenvalue weighted by Gasteiger charge is 2.12. The van der Waals surface area contributed by atoms with Crippen LogP contribution < -0.4 is 5.32 Å².